The molecule has 0 saturated heterocycles. The van der Waals surface area contributed by atoms with E-state index < -0.39 is 53.5 Å². The van der Waals surface area contributed by atoms with Gasteiger partial charge in [-0.05, 0) is 38.0 Å². The molecular weight excluding hydrogens is 486 g/mol. The number of nitrogens with one attached hydrogen (secondary N) is 2. The molecule has 14 heteroatoms. The standard InChI is InChI=1S/C21H20F6N4O4/c1-11(30-18(33)19(5-6-19)31-16(32)8-20(22,23)24)17-28-9-13(10-29-17)35-15-4-3-12(34-2)7-14(15)21(25,26)27/h3-4,7,9-11H,5-6,8H2,1-2H3,(H,30,33)(H,31,32). The fourth-order valence-corrected chi connectivity index (χ4v) is 3.10. The Kier molecular flexibility index (Phi) is 7.13. The molecule has 1 aliphatic carbocycles. The Balaban J connectivity index is 1.64. The number of carbonyl (C=O) groups is 2. The van der Waals surface area contributed by atoms with Crippen LogP contribution < -0.4 is 20.1 Å². The van der Waals surface area contributed by atoms with Crippen LogP contribution in [-0.2, 0) is 15.8 Å². The highest BCUT2D eigenvalue weighted by atomic mass is 19.4. The lowest BCUT2D eigenvalue weighted by Gasteiger charge is -2.20. The van der Waals surface area contributed by atoms with Gasteiger partial charge in [-0.3, -0.25) is 9.59 Å². The summed E-state index contributed by atoms with van der Waals surface area (Å²) in [5.74, 6) is -2.56. The minimum Gasteiger partial charge on any atom is -0.497 e. The first kappa shape index (κ1) is 26.0. The van der Waals surface area contributed by atoms with Gasteiger partial charge in [-0.2, -0.15) is 26.3 Å². The van der Waals surface area contributed by atoms with E-state index in [1.807, 2.05) is 0 Å². The van der Waals surface area contributed by atoms with Gasteiger partial charge in [0.1, 0.15) is 34.8 Å². The van der Waals surface area contributed by atoms with Gasteiger partial charge in [0.25, 0.3) is 0 Å². The maximum Gasteiger partial charge on any atom is 0.420 e. The largest absolute Gasteiger partial charge is 0.497 e. The van der Waals surface area contributed by atoms with Crippen LogP contribution >= 0.6 is 0 Å². The molecule has 1 atom stereocenters. The second-order valence-corrected chi connectivity index (χ2v) is 7.86. The van der Waals surface area contributed by atoms with Gasteiger partial charge in [-0.15, -0.1) is 0 Å². The fraction of sp³-hybridized carbons (Fsp3) is 0.429. The second-order valence-electron chi connectivity index (χ2n) is 7.86. The van der Waals surface area contributed by atoms with Crippen molar-refractivity contribution < 1.29 is 45.4 Å². The fourth-order valence-electron chi connectivity index (χ4n) is 3.10. The molecule has 1 aromatic carbocycles. The van der Waals surface area contributed by atoms with Crippen molar-refractivity contribution in [2.24, 2.45) is 0 Å². The van der Waals surface area contributed by atoms with Crippen molar-refractivity contribution in [2.45, 2.75) is 50.1 Å². The predicted octanol–water partition coefficient (Wildman–Crippen LogP) is 4.07. The quantitative estimate of drug-likeness (QED) is 0.524. The molecule has 0 radical (unpaired) electrons. The predicted molar refractivity (Wildman–Crippen MR) is 107 cm³/mol. The van der Waals surface area contributed by atoms with Gasteiger partial charge in [0, 0.05) is 0 Å². The molecule has 1 fully saturated rings. The smallest absolute Gasteiger partial charge is 0.420 e. The van der Waals surface area contributed by atoms with Crippen molar-refractivity contribution in [3.8, 4) is 17.2 Å². The monoisotopic (exact) mass is 506 g/mol. The molecule has 0 aliphatic heterocycles. The van der Waals surface area contributed by atoms with E-state index in [1.165, 1.54) is 20.1 Å². The number of aromatic nitrogens is 2. The lowest BCUT2D eigenvalue weighted by Crippen LogP contribution is -2.50. The Morgan fingerprint density at radius 3 is 2.23 bits per heavy atom. The Morgan fingerprint density at radius 2 is 1.71 bits per heavy atom. The van der Waals surface area contributed by atoms with Crippen LogP contribution in [0.25, 0.3) is 0 Å². The van der Waals surface area contributed by atoms with Crippen molar-refractivity contribution in [1.29, 1.82) is 0 Å². The number of hydrogen-bond acceptors (Lipinski definition) is 6. The van der Waals surface area contributed by atoms with E-state index in [0.717, 1.165) is 24.5 Å². The number of nitrogens with zero attached hydrogens (tertiary/aromatic N) is 2. The number of ether oxygens (including phenoxy) is 2. The summed E-state index contributed by atoms with van der Waals surface area (Å²) in [5.41, 5.74) is -2.49. The van der Waals surface area contributed by atoms with Crippen LogP contribution in [0.5, 0.6) is 17.2 Å². The molecule has 0 spiro atoms. The third-order valence-electron chi connectivity index (χ3n) is 5.03. The van der Waals surface area contributed by atoms with Crippen LogP contribution in [0.1, 0.15) is 43.6 Å². The molecule has 1 aromatic heterocycles. The first-order valence-electron chi connectivity index (χ1n) is 10.2. The normalized spacial score (nSPS) is 15.7. The van der Waals surface area contributed by atoms with E-state index in [9.17, 15) is 35.9 Å². The summed E-state index contributed by atoms with van der Waals surface area (Å²) in [5, 5.41) is 4.62. The topological polar surface area (TPSA) is 102 Å². The molecule has 1 saturated carbocycles. The number of benzene rings is 1. The van der Waals surface area contributed by atoms with Crippen LogP contribution in [0.3, 0.4) is 0 Å². The summed E-state index contributed by atoms with van der Waals surface area (Å²) in [7, 11) is 1.23. The number of alkyl halides is 6. The number of amides is 2. The summed E-state index contributed by atoms with van der Waals surface area (Å²) in [6.07, 6.45) is -8.56. The molecule has 2 amide bonds. The van der Waals surface area contributed by atoms with Gasteiger partial charge >= 0.3 is 12.4 Å². The first-order chi connectivity index (χ1) is 16.2. The minimum atomic E-state index is -4.71. The summed E-state index contributed by atoms with van der Waals surface area (Å²) in [4.78, 5) is 32.0. The molecule has 190 valence electrons. The summed E-state index contributed by atoms with van der Waals surface area (Å²) in [6.45, 7) is 1.49. The Labute approximate surface area is 195 Å². The van der Waals surface area contributed by atoms with Gasteiger partial charge in [-0.1, -0.05) is 0 Å². The summed E-state index contributed by atoms with van der Waals surface area (Å²) >= 11 is 0. The van der Waals surface area contributed by atoms with Gasteiger partial charge in [0.2, 0.25) is 11.8 Å². The van der Waals surface area contributed by atoms with Crippen LogP contribution in [0.4, 0.5) is 26.3 Å². The number of methoxy groups -OCH3 is 1. The van der Waals surface area contributed by atoms with E-state index in [4.69, 9.17) is 9.47 Å². The minimum absolute atomic E-state index is 0.0103. The molecular formula is C21H20F6N4O4. The number of halogens is 6. The van der Waals surface area contributed by atoms with Crippen LogP contribution in [0.2, 0.25) is 0 Å². The summed E-state index contributed by atoms with van der Waals surface area (Å²) in [6, 6.07) is 2.34. The Hall–Kier alpha value is -3.58. The third-order valence-corrected chi connectivity index (χ3v) is 5.03. The van der Waals surface area contributed by atoms with Gasteiger partial charge in [0.05, 0.1) is 25.5 Å². The average Bonchev–Trinajstić information content (AvgIpc) is 3.53. The van der Waals surface area contributed by atoms with Crippen molar-refractivity contribution in [2.75, 3.05) is 7.11 Å². The van der Waals surface area contributed by atoms with E-state index in [2.05, 4.69) is 20.6 Å². The molecule has 35 heavy (non-hydrogen) atoms. The lowest BCUT2D eigenvalue weighted by molar-refractivity contribution is -0.155. The molecule has 1 heterocycles. The maximum absolute atomic E-state index is 13.3. The first-order valence-corrected chi connectivity index (χ1v) is 10.2. The molecule has 2 aromatic rings. The SMILES string of the molecule is COc1ccc(Oc2cnc(C(C)NC(=O)C3(NC(=O)CC(F)(F)F)CC3)nc2)c(C(F)(F)F)c1. The molecule has 3 rings (SSSR count). The van der Waals surface area contributed by atoms with E-state index in [1.54, 1.807) is 0 Å². The highest BCUT2D eigenvalue weighted by Gasteiger charge is 2.52. The Bertz CT molecular complexity index is 1080. The third kappa shape index (κ3) is 6.73. The zero-order chi connectivity index (χ0) is 26.0. The highest BCUT2D eigenvalue weighted by Crippen LogP contribution is 2.40. The van der Waals surface area contributed by atoms with Gasteiger partial charge in [-0.25, -0.2) is 9.97 Å². The number of carbonyl (C=O) groups excluding carboxylic acids is 2. The average molecular weight is 506 g/mol. The van der Waals surface area contributed by atoms with E-state index in [0.29, 0.717) is 0 Å². The zero-order valence-corrected chi connectivity index (χ0v) is 18.4. The lowest BCUT2D eigenvalue weighted by atomic mass is 10.2. The van der Waals surface area contributed by atoms with Gasteiger partial charge in [0.15, 0.2) is 5.75 Å². The van der Waals surface area contributed by atoms with E-state index in [-0.39, 0.29) is 30.2 Å². The number of rotatable bonds is 8. The van der Waals surface area contributed by atoms with Crippen molar-refractivity contribution >= 4 is 11.8 Å². The molecule has 1 unspecified atom stereocenters. The van der Waals surface area contributed by atoms with Crippen molar-refractivity contribution in [3.05, 3.63) is 42.0 Å². The molecule has 2 N–H and O–H groups in total. The molecule has 8 nitrogen and oxygen atoms in total. The molecule has 0 bridgehead atoms. The summed E-state index contributed by atoms with van der Waals surface area (Å²) < 4.78 is 87.2. The molecule has 1 aliphatic rings. The van der Waals surface area contributed by atoms with Crippen LogP contribution in [-0.4, -0.2) is 40.6 Å². The van der Waals surface area contributed by atoms with Crippen LogP contribution in [0, 0.1) is 0 Å². The maximum atomic E-state index is 13.3. The van der Waals surface area contributed by atoms with Crippen LogP contribution in [0.15, 0.2) is 30.6 Å². The zero-order valence-electron chi connectivity index (χ0n) is 18.4. The van der Waals surface area contributed by atoms with E-state index >= 15 is 0 Å². The van der Waals surface area contributed by atoms with Crippen molar-refractivity contribution in [1.82, 2.24) is 20.6 Å². The van der Waals surface area contributed by atoms with Crippen molar-refractivity contribution in [3.63, 3.8) is 0 Å². The second kappa shape index (κ2) is 9.58. The number of hydrogen-bond donors (Lipinski definition) is 2. The Morgan fingerprint density at radius 1 is 1.09 bits per heavy atom. The highest BCUT2D eigenvalue weighted by molar-refractivity contribution is 5.94. The van der Waals surface area contributed by atoms with Gasteiger partial charge < -0.3 is 20.1 Å².